The van der Waals surface area contributed by atoms with Gasteiger partial charge in [0.25, 0.3) is 0 Å². The monoisotopic (exact) mass is 185 g/mol. The molecule has 1 nitrogen and oxygen atoms in total. The number of hydrogen-bond donors (Lipinski definition) is 1. The first kappa shape index (κ1) is 10.1. The summed E-state index contributed by atoms with van der Waals surface area (Å²) in [6, 6.07) is 0.708. The van der Waals surface area contributed by atoms with E-state index in [1.54, 1.807) is 0 Å². The first-order valence-corrected chi connectivity index (χ1v) is 5.66. The van der Waals surface area contributed by atoms with Gasteiger partial charge in [-0.15, -0.1) is 18.3 Å². The molecule has 0 aromatic rings. The van der Waals surface area contributed by atoms with Crippen LogP contribution in [0.5, 0.6) is 0 Å². The van der Waals surface area contributed by atoms with Gasteiger partial charge in [0.05, 0.1) is 5.37 Å². The highest BCUT2D eigenvalue weighted by atomic mass is 32.2. The van der Waals surface area contributed by atoms with Crippen molar-refractivity contribution in [2.24, 2.45) is 5.41 Å². The third-order valence-corrected chi connectivity index (χ3v) is 4.22. The molecule has 1 rings (SSSR count). The zero-order valence-electron chi connectivity index (χ0n) is 8.26. The molecule has 1 aliphatic heterocycles. The molecular formula is C10H19NS. The minimum atomic E-state index is 0.217. The second-order valence-corrected chi connectivity index (χ2v) is 5.15. The maximum atomic E-state index is 3.87. The van der Waals surface area contributed by atoms with Gasteiger partial charge in [-0.3, -0.25) is 0 Å². The van der Waals surface area contributed by atoms with Crippen LogP contribution in [0.25, 0.3) is 0 Å². The van der Waals surface area contributed by atoms with Crippen LogP contribution in [-0.2, 0) is 0 Å². The molecule has 1 heterocycles. The van der Waals surface area contributed by atoms with Gasteiger partial charge in [0, 0.05) is 17.2 Å². The van der Waals surface area contributed by atoms with Crippen molar-refractivity contribution >= 4 is 11.8 Å². The summed E-state index contributed by atoms with van der Waals surface area (Å²) in [6.45, 7) is 10.6. The van der Waals surface area contributed by atoms with Gasteiger partial charge in [-0.25, -0.2) is 0 Å². The van der Waals surface area contributed by atoms with Crippen molar-refractivity contribution < 1.29 is 0 Å². The minimum absolute atomic E-state index is 0.217. The average Bonchev–Trinajstić information content (AvgIpc) is 2.52. The highest BCUT2D eigenvalue weighted by molar-refractivity contribution is 8.00. The molecule has 0 aromatic heterocycles. The van der Waals surface area contributed by atoms with Crippen LogP contribution in [0, 0.1) is 5.41 Å². The summed E-state index contributed by atoms with van der Waals surface area (Å²) in [5.41, 5.74) is 0.217. The normalized spacial score (nSPS) is 30.6. The lowest BCUT2D eigenvalue weighted by atomic mass is 9.93. The van der Waals surface area contributed by atoms with Crippen molar-refractivity contribution in [3.8, 4) is 0 Å². The van der Waals surface area contributed by atoms with E-state index in [9.17, 15) is 0 Å². The lowest BCUT2D eigenvalue weighted by Crippen LogP contribution is -2.38. The van der Waals surface area contributed by atoms with Crippen LogP contribution in [-0.4, -0.2) is 17.2 Å². The Morgan fingerprint density at radius 2 is 2.33 bits per heavy atom. The van der Waals surface area contributed by atoms with E-state index >= 15 is 0 Å². The van der Waals surface area contributed by atoms with Crippen molar-refractivity contribution in [3.63, 3.8) is 0 Å². The molecule has 0 bridgehead atoms. The molecule has 0 radical (unpaired) electrons. The van der Waals surface area contributed by atoms with Gasteiger partial charge >= 0.3 is 0 Å². The first-order chi connectivity index (χ1) is 5.60. The van der Waals surface area contributed by atoms with E-state index in [2.05, 4.69) is 38.7 Å². The zero-order valence-corrected chi connectivity index (χ0v) is 9.08. The molecule has 2 atom stereocenters. The third kappa shape index (κ3) is 2.05. The van der Waals surface area contributed by atoms with E-state index in [0.717, 1.165) is 0 Å². The maximum Gasteiger partial charge on any atom is 0.0621 e. The predicted octanol–water partition coefficient (Wildman–Crippen LogP) is 2.64. The van der Waals surface area contributed by atoms with Crippen LogP contribution in [0.2, 0.25) is 0 Å². The summed E-state index contributed by atoms with van der Waals surface area (Å²) in [6.07, 6.45) is 3.28. The average molecular weight is 185 g/mol. The minimum Gasteiger partial charge on any atom is -0.301 e. The standard InChI is InChI=1S/C10H19NS/c1-5-8-7-12-9(11-8)10(3,4)6-2/h6,8-9,11H,2,5,7H2,1,3-4H3. The van der Waals surface area contributed by atoms with E-state index < -0.39 is 0 Å². The molecule has 70 valence electrons. The summed E-state index contributed by atoms with van der Waals surface area (Å²) < 4.78 is 0. The Labute approximate surface area is 80.0 Å². The van der Waals surface area contributed by atoms with Crippen molar-refractivity contribution in [3.05, 3.63) is 12.7 Å². The van der Waals surface area contributed by atoms with Gasteiger partial charge in [0.15, 0.2) is 0 Å². The Morgan fingerprint density at radius 1 is 1.67 bits per heavy atom. The molecule has 2 unspecified atom stereocenters. The Kier molecular flexibility index (Phi) is 3.24. The summed E-state index contributed by atoms with van der Waals surface area (Å²) in [5, 5.41) is 4.18. The second kappa shape index (κ2) is 3.84. The van der Waals surface area contributed by atoms with Crippen molar-refractivity contribution in [2.45, 2.75) is 38.6 Å². The largest absolute Gasteiger partial charge is 0.301 e. The van der Waals surface area contributed by atoms with Gasteiger partial charge in [0.2, 0.25) is 0 Å². The Bertz CT molecular complexity index is 165. The quantitative estimate of drug-likeness (QED) is 0.678. The smallest absolute Gasteiger partial charge is 0.0621 e. The lowest BCUT2D eigenvalue weighted by molar-refractivity contribution is 0.386. The maximum absolute atomic E-state index is 3.87. The zero-order chi connectivity index (χ0) is 9.19. The molecule has 0 amide bonds. The Hall–Kier alpha value is 0.0500. The van der Waals surface area contributed by atoms with Gasteiger partial charge in [-0.1, -0.05) is 26.8 Å². The Balaban J connectivity index is 2.51. The van der Waals surface area contributed by atoms with E-state index in [-0.39, 0.29) is 5.41 Å². The fraction of sp³-hybridized carbons (Fsp3) is 0.800. The molecule has 0 aliphatic carbocycles. The summed E-state index contributed by atoms with van der Waals surface area (Å²) in [7, 11) is 0. The number of nitrogens with one attached hydrogen (secondary N) is 1. The van der Waals surface area contributed by atoms with Crippen molar-refractivity contribution in [1.82, 2.24) is 5.32 Å². The molecule has 1 saturated heterocycles. The van der Waals surface area contributed by atoms with Gasteiger partial charge < -0.3 is 5.32 Å². The van der Waals surface area contributed by atoms with Crippen LogP contribution >= 0.6 is 11.8 Å². The van der Waals surface area contributed by atoms with Gasteiger partial charge in [0.1, 0.15) is 0 Å². The number of rotatable bonds is 3. The molecule has 0 saturated carbocycles. The SMILES string of the molecule is C=CC(C)(C)C1NC(CC)CS1. The molecule has 2 heteroatoms. The van der Waals surface area contributed by atoms with Crippen LogP contribution in [0.15, 0.2) is 12.7 Å². The molecular weight excluding hydrogens is 166 g/mol. The fourth-order valence-corrected chi connectivity index (χ4v) is 2.87. The van der Waals surface area contributed by atoms with Crippen LogP contribution in [0.3, 0.4) is 0 Å². The highest BCUT2D eigenvalue weighted by Crippen LogP contribution is 2.35. The molecule has 1 aliphatic rings. The van der Waals surface area contributed by atoms with E-state index in [0.29, 0.717) is 11.4 Å². The molecule has 0 aromatic carbocycles. The topological polar surface area (TPSA) is 12.0 Å². The van der Waals surface area contributed by atoms with Gasteiger partial charge in [-0.2, -0.15) is 0 Å². The summed E-state index contributed by atoms with van der Waals surface area (Å²) in [5.74, 6) is 1.25. The van der Waals surface area contributed by atoms with Gasteiger partial charge in [-0.05, 0) is 6.42 Å². The number of thioether (sulfide) groups is 1. The highest BCUT2D eigenvalue weighted by Gasteiger charge is 2.33. The molecule has 1 fully saturated rings. The predicted molar refractivity (Wildman–Crippen MR) is 57.4 cm³/mol. The van der Waals surface area contributed by atoms with E-state index in [1.165, 1.54) is 12.2 Å². The summed E-state index contributed by atoms with van der Waals surface area (Å²) in [4.78, 5) is 0. The van der Waals surface area contributed by atoms with Crippen LogP contribution < -0.4 is 5.32 Å². The molecule has 1 N–H and O–H groups in total. The summed E-state index contributed by atoms with van der Waals surface area (Å²) >= 11 is 2.02. The van der Waals surface area contributed by atoms with Crippen LogP contribution in [0.4, 0.5) is 0 Å². The fourth-order valence-electron chi connectivity index (χ4n) is 1.29. The van der Waals surface area contributed by atoms with Crippen LogP contribution in [0.1, 0.15) is 27.2 Å². The first-order valence-electron chi connectivity index (χ1n) is 4.61. The Morgan fingerprint density at radius 3 is 2.75 bits per heavy atom. The van der Waals surface area contributed by atoms with E-state index in [1.807, 2.05) is 11.8 Å². The van der Waals surface area contributed by atoms with Crippen molar-refractivity contribution in [1.29, 1.82) is 0 Å². The number of hydrogen-bond acceptors (Lipinski definition) is 2. The van der Waals surface area contributed by atoms with Crippen molar-refractivity contribution in [2.75, 3.05) is 5.75 Å². The molecule has 12 heavy (non-hydrogen) atoms. The second-order valence-electron chi connectivity index (χ2n) is 4.01. The van der Waals surface area contributed by atoms with E-state index in [4.69, 9.17) is 0 Å². The lowest BCUT2D eigenvalue weighted by Gasteiger charge is -2.27. The third-order valence-electron chi connectivity index (χ3n) is 2.55. The molecule has 0 spiro atoms.